The predicted octanol–water partition coefficient (Wildman–Crippen LogP) is 4.56. The summed E-state index contributed by atoms with van der Waals surface area (Å²) in [7, 11) is 0. The molecule has 1 aromatic heterocycles. The summed E-state index contributed by atoms with van der Waals surface area (Å²) < 4.78 is 38.8. The molecule has 0 aliphatic carbocycles. The van der Waals surface area contributed by atoms with Crippen LogP contribution in [0.4, 0.5) is 19.6 Å². The molecule has 156 valence electrons. The first-order valence-corrected chi connectivity index (χ1v) is 10.5. The highest BCUT2D eigenvalue weighted by Crippen LogP contribution is 2.35. The predicted molar refractivity (Wildman–Crippen MR) is 111 cm³/mol. The molecule has 0 spiro atoms. The molecular formula is C21H19F2N3O3S. The van der Waals surface area contributed by atoms with Gasteiger partial charge in [-0.3, -0.25) is 4.79 Å². The summed E-state index contributed by atoms with van der Waals surface area (Å²) in [6.07, 6.45) is -0.321. The Morgan fingerprint density at radius 1 is 1.07 bits per heavy atom. The molecule has 0 bridgehead atoms. The molecule has 1 saturated heterocycles. The summed E-state index contributed by atoms with van der Waals surface area (Å²) in [6.45, 7) is 1.55. The lowest BCUT2D eigenvalue weighted by molar-refractivity contribution is -0.0220. The third kappa shape index (κ3) is 3.77. The number of benzene rings is 2. The molecule has 5 rings (SSSR count). The summed E-state index contributed by atoms with van der Waals surface area (Å²) in [6, 6.07) is 10.6. The summed E-state index contributed by atoms with van der Waals surface area (Å²) >= 11 is 1.45. The van der Waals surface area contributed by atoms with Gasteiger partial charge in [-0.1, -0.05) is 11.3 Å². The summed E-state index contributed by atoms with van der Waals surface area (Å²) in [5.74, 6) is -1.59. The zero-order valence-electron chi connectivity index (χ0n) is 16.0. The Balaban J connectivity index is 1.33. The number of anilines is 2. The Hall–Kier alpha value is -2.94. The molecular weight excluding hydrogens is 412 g/mol. The van der Waals surface area contributed by atoms with Crippen molar-refractivity contribution in [2.24, 2.45) is 0 Å². The van der Waals surface area contributed by atoms with Gasteiger partial charge in [-0.15, -0.1) is 0 Å². The number of hydrogen-bond acceptors (Lipinski definition) is 6. The van der Waals surface area contributed by atoms with Gasteiger partial charge < -0.3 is 19.7 Å². The van der Waals surface area contributed by atoms with Crippen LogP contribution in [0.3, 0.4) is 0 Å². The fourth-order valence-electron chi connectivity index (χ4n) is 3.54. The van der Waals surface area contributed by atoms with Gasteiger partial charge in [0.05, 0.1) is 10.2 Å². The molecule has 3 aromatic rings. The molecule has 9 heteroatoms. The van der Waals surface area contributed by atoms with E-state index >= 15 is 0 Å². The van der Waals surface area contributed by atoms with E-state index in [9.17, 15) is 13.6 Å². The van der Waals surface area contributed by atoms with Crippen molar-refractivity contribution in [2.75, 3.05) is 36.5 Å². The summed E-state index contributed by atoms with van der Waals surface area (Å²) in [5.41, 5.74) is 1.76. The molecule has 0 atom stereocenters. The zero-order chi connectivity index (χ0) is 20.7. The van der Waals surface area contributed by atoms with Gasteiger partial charge in [-0.05, 0) is 30.3 Å². The maximum Gasteiger partial charge on any atom is 0.255 e. The smallest absolute Gasteiger partial charge is 0.255 e. The number of carbonyl (C=O) groups is 1. The molecule has 2 aliphatic heterocycles. The minimum absolute atomic E-state index is 0.161. The molecule has 30 heavy (non-hydrogen) atoms. The number of alkyl halides is 2. The van der Waals surface area contributed by atoms with E-state index in [2.05, 4.69) is 10.3 Å². The van der Waals surface area contributed by atoms with Gasteiger partial charge in [0.15, 0.2) is 16.6 Å². The number of piperidine rings is 1. The number of hydrogen-bond donors (Lipinski definition) is 1. The van der Waals surface area contributed by atoms with E-state index in [0.717, 1.165) is 4.70 Å². The number of carbonyl (C=O) groups excluding carboxylic acids is 1. The van der Waals surface area contributed by atoms with Crippen molar-refractivity contribution in [2.45, 2.75) is 18.8 Å². The third-order valence-electron chi connectivity index (χ3n) is 5.20. The highest BCUT2D eigenvalue weighted by molar-refractivity contribution is 7.22. The average molecular weight is 431 g/mol. The normalized spacial score (nSPS) is 17.7. The molecule has 0 unspecified atom stereocenters. The van der Waals surface area contributed by atoms with E-state index in [1.54, 1.807) is 30.3 Å². The molecule has 0 radical (unpaired) electrons. The Kier molecular flexibility index (Phi) is 4.69. The van der Waals surface area contributed by atoms with E-state index < -0.39 is 5.92 Å². The largest absolute Gasteiger partial charge is 0.486 e. The highest BCUT2D eigenvalue weighted by Gasteiger charge is 2.34. The van der Waals surface area contributed by atoms with Gasteiger partial charge in [-0.25, -0.2) is 13.8 Å². The minimum atomic E-state index is -2.59. The maximum absolute atomic E-state index is 13.4. The Morgan fingerprint density at radius 2 is 1.83 bits per heavy atom. The number of nitrogens with zero attached hydrogens (tertiary/aromatic N) is 2. The lowest BCUT2D eigenvalue weighted by Crippen LogP contribution is -2.39. The fraction of sp³-hybridized carbons (Fsp3) is 0.333. The van der Waals surface area contributed by atoms with Crippen LogP contribution >= 0.6 is 11.3 Å². The molecule has 1 N–H and O–H groups in total. The number of aromatic nitrogens is 1. The van der Waals surface area contributed by atoms with E-state index in [1.807, 2.05) is 11.0 Å². The molecule has 1 amide bonds. The zero-order valence-corrected chi connectivity index (χ0v) is 16.8. The van der Waals surface area contributed by atoms with Gasteiger partial charge in [0.1, 0.15) is 13.2 Å². The van der Waals surface area contributed by atoms with Crippen molar-refractivity contribution in [1.82, 2.24) is 4.98 Å². The topological polar surface area (TPSA) is 63.7 Å². The number of thiazole rings is 1. The Bertz CT molecular complexity index is 1110. The monoisotopic (exact) mass is 431 g/mol. The first-order valence-electron chi connectivity index (χ1n) is 9.71. The second-order valence-electron chi connectivity index (χ2n) is 7.33. The molecule has 2 aromatic carbocycles. The van der Waals surface area contributed by atoms with Crippen LogP contribution in [-0.4, -0.2) is 43.1 Å². The van der Waals surface area contributed by atoms with Gasteiger partial charge in [-0.2, -0.15) is 0 Å². The molecule has 0 saturated carbocycles. The lowest BCUT2D eigenvalue weighted by atomic mass is 10.1. The number of rotatable bonds is 3. The van der Waals surface area contributed by atoms with Crippen LogP contribution in [0.5, 0.6) is 11.5 Å². The summed E-state index contributed by atoms with van der Waals surface area (Å²) in [4.78, 5) is 19.2. The Labute approximate surface area is 175 Å². The number of amides is 1. The van der Waals surface area contributed by atoms with Gasteiger partial charge in [0.2, 0.25) is 0 Å². The van der Waals surface area contributed by atoms with Crippen LogP contribution < -0.4 is 19.7 Å². The van der Waals surface area contributed by atoms with Crippen molar-refractivity contribution >= 4 is 38.3 Å². The molecule has 6 nitrogen and oxygen atoms in total. The standard InChI is InChI=1S/C21H19F2N3O3S/c22-21(23)5-7-26(8-6-21)20-25-15-11-13(1-4-18(15)30-20)19(27)24-14-2-3-16-17(12-14)29-10-9-28-16/h1-4,11-12H,5-10H2,(H,24,27). The first-order chi connectivity index (χ1) is 14.5. The van der Waals surface area contributed by atoms with Crippen molar-refractivity contribution in [3.05, 3.63) is 42.0 Å². The number of nitrogens with one attached hydrogen (secondary N) is 1. The molecule has 1 fully saturated rings. The van der Waals surface area contributed by atoms with E-state index in [1.165, 1.54) is 11.3 Å². The van der Waals surface area contributed by atoms with E-state index in [0.29, 0.717) is 46.6 Å². The fourth-order valence-corrected chi connectivity index (χ4v) is 4.54. The van der Waals surface area contributed by atoms with Crippen LogP contribution in [0.25, 0.3) is 10.2 Å². The van der Waals surface area contributed by atoms with Crippen molar-refractivity contribution in [1.29, 1.82) is 0 Å². The average Bonchev–Trinajstić information content (AvgIpc) is 3.17. The summed E-state index contributed by atoms with van der Waals surface area (Å²) in [5, 5.41) is 3.57. The maximum atomic E-state index is 13.4. The quantitative estimate of drug-likeness (QED) is 0.659. The van der Waals surface area contributed by atoms with Crippen LogP contribution in [0.2, 0.25) is 0 Å². The van der Waals surface area contributed by atoms with Crippen molar-refractivity contribution in [3.63, 3.8) is 0 Å². The second kappa shape index (κ2) is 7.39. The lowest BCUT2D eigenvalue weighted by Gasteiger charge is -2.31. The first kappa shape index (κ1) is 19.0. The number of ether oxygens (including phenoxy) is 2. The van der Waals surface area contributed by atoms with Gasteiger partial charge >= 0.3 is 0 Å². The Morgan fingerprint density at radius 3 is 2.63 bits per heavy atom. The van der Waals surface area contributed by atoms with Gasteiger partial charge in [0.25, 0.3) is 11.8 Å². The van der Waals surface area contributed by atoms with Gasteiger partial charge in [0, 0.05) is 43.2 Å². The van der Waals surface area contributed by atoms with Crippen LogP contribution in [0.1, 0.15) is 23.2 Å². The second-order valence-corrected chi connectivity index (χ2v) is 8.34. The minimum Gasteiger partial charge on any atom is -0.486 e. The highest BCUT2D eigenvalue weighted by atomic mass is 32.1. The van der Waals surface area contributed by atoms with Crippen molar-refractivity contribution < 1.29 is 23.0 Å². The van der Waals surface area contributed by atoms with Crippen LogP contribution in [-0.2, 0) is 0 Å². The molecule has 3 heterocycles. The van der Waals surface area contributed by atoms with Crippen LogP contribution in [0, 0.1) is 0 Å². The van der Waals surface area contributed by atoms with E-state index in [4.69, 9.17) is 9.47 Å². The van der Waals surface area contributed by atoms with Crippen LogP contribution in [0.15, 0.2) is 36.4 Å². The van der Waals surface area contributed by atoms with E-state index in [-0.39, 0.29) is 31.8 Å². The molecule has 2 aliphatic rings. The van der Waals surface area contributed by atoms with Crippen molar-refractivity contribution in [3.8, 4) is 11.5 Å². The SMILES string of the molecule is O=C(Nc1ccc2c(c1)OCCO2)c1ccc2sc(N3CCC(F)(F)CC3)nc2c1. The third-order valence-corrected chi connectivity index (χ3v) is 6.30. The number of fused-ring (bicyclic) bond motifs is 2. The number of halogens is 2.